The van der Waals surface area contributed by atoms with Gasteiger partial charge in [-0.1, -0.05) is 5.16 Å². The summed E-state index contributed by atoms with van der Waals surface area (Å²) in [6.45, 7) is 1.76. The second-order valence-electron chi connectivity index (χ2n) is 2.38. The topological polar surface area (TPSA) is 46.3 Å². The quantitative estimate of drug-likeness (QED) is 0.682. The van der Waals surface area contributed by atoms with E-state index in [1.807, 2.05) is 6.07 Å². The maximum absolute atomic E-state index is 8.89. The minimum Gasteiger partial charge on any atom is -0.393 e. The third-order valence-electron chi connectivity index (χ3n) is 1.31. The summed E-state index contributed by atoms with van der Waals surface area (Å²) >= 11 is 0. The Hall–Kier alpha value is -0.830. The molecule has 0 aliphatic carbocycles. The van der Waals surface area contributed by atoms with Crippen LogP contribution in [-0.2, 0) is 6.42 Å². The van der Waals surface area contributed by atoms with Crippen LogP contribution >= 0.6 is 0 Å². The van der Waals surface area contributed by atoms with Gasteiger partial charge in [-0.05, 0) is 19.8 Å². The lowest BCUT2D eigenvalue weighted by Gasteiger charge is -1.98. The molecule has 0 aliphatic heterocycles. The largest absolute Gasteiger partial charge is 0.393 e. The zero-order chi connectivity index (χ0) is 7.40. The van der Waals surface area contributed by atoms with E-state index >= 15 is 0 Å². The molecule has 1 heterocycles. The van der Waals surface area contributed by atoms with Crippen LogP contribution in [0.25, 0.3) is 0 Å². The lowest BCUT2D eigenvalue weighted by Crippen LogP contribution is -2.01. The number of rotatable bonds is 3. The molecule has 10 heavy (non-hydrogen) atoms. The molecule has 0 radical (unpaired) electrons. The molecule has 3 nitrogen and oxygen atoms in total. The highest BCUT2D eigenvalue weighted by Crippen LogP contribution is 2.01. The Morgan fingerprint density at radius 3 is 3.10 bits per heavy atom. The highest BCUT2D eigenvalue weighted by molar-refractivity contribution is 4.95. The van der Waals surface area contributed by atoms with Gasteiger partial charge in [0.1, 0.15) is 6.26 Å². The molecule has 0 aromatic carbocycles. The Bertz CT molecular complexity index is 170. The average molecular weight is 141 g/mol. The first-order chi connectivity index (χ1) is 4.79. The monoisotopic (exact) mass is 141 g/mol. The van der Waals surface area contributed by atoms with Gasteiger partial charge in [-0.15, -0.1) is 0 Å². The van der Waals surface area contributed by atoms with Crippen molar-refractivity contribution in [1.82, 2.24) is 5.16 Å². The van der Waals surface area contributed by atoms with E-state index in [-0.39, 0.29) is 6.10 Å². The van der Waals surface area contributed by atoms with Gasteiger partial charge in [0.2, 0.25) is 0 Å². The van der Waals surface area contributed by atoms with Gasteiger partial charge in [-0.2, -0.15) is 0 Å². The Balaban J connectivity index is 2.28. The van der Waals surface area contributed by atoms with E-state index in [1.165, 1.54) is 6.26 Å². The minimum atomic E-state index is -0.253. The molecule has 1 rings (SSSR count). The summed E-state index contributed by atoms with van der Waals surface area (Å²) in [5.74, 6) is 0. The van der Waals surface area contributed by atoms with Crippen molar-refractivity contribution in [3.63, 3.8) is 0 Å². The highest BCUT2D eigenvalue weighted by Gasteiger charge is 1.99. The Kier molecular flexibility index (Phi) is 2.45. The number of aromatic nitrogens is 1. The number of hydrogen-bond acceptors (Lipinski definition) is 3. The normalized spacial score (nSPS) is 13.4. The smallest absolute Gasteiger partial charge is 0.124 e. The van der Waals surface area contributed by atoms with Crippen molar-refractivity contribution in [1.29, 1.82) is 0 Å². The Morgan fingerprint density at radius 1 is 1.80 bits per heavy atom. The van der Waals surface area contributed by atoms with Crippen LogP contribution in [0.15, 0.2) is 16.9 Å². The zero-order valence-electron chi connectivity index (χ0n) is 5.95. The molecule has 3 heteroatoms. The fourth-order valence-corrected chi connectivity index (χ4v) is 0.723. The summed E-state index contributed by atoms with van der Waals surface area (Å²) in [7, 11) is 0. The molecule has 0 saturated carbocycles. The molecule has 1 atom stereocenters. The number of hydrogen-bond donors (Lipinski definition) is 1. The summed E-state index contributed by atoms with van der Waals surface area (Å²) in [6, 6.07) is 1.81. The predicted molar refractivity (Wildman–Crippen MR) is 36.5 cm³/mol. The molecule has 0 unspecified atom stereocenters. The molecule has 0 aliphatic rings. The number of nitrogens with zero attached hydrogens (tertiary/aromatic N) is 1. The van der Waals surface area contributed by atoms with Crippen LogP contribution < -0.4 is 0 Å². The molecule has 0 amide bonds. The third-order valence-corrected chi connectivity index (χ3v) is 1.31. The molecule has 0 saturated heterocycles. The van der Waals surface area contributed by atoms with Crippen LogP contribution in [0, 0.1) is 0 Å². The van der Waals surface area contributed by atoms with E-state index in [9.17, 15) is 0 Å². The van der Waals surface area contributed by atoms with Crippen molar-refractivity contribution in [3.05, 3.63) is 18.0 Å². The van der Waals surface area contributed by atoms with E-state index in [4.69, 9.17) is 5.11 Å². The van der Waals surface area contributed by atoms with Crippen LogP contribution in [0.5, 0.6) is 0 Å². The van der Waals surface area contributed by atoms with E-state index in [0.717, 1.165) is 18.5 Å². The lowest BCUT2D eigenvalue weighted by atomic mass is 10.2. The van der Waals surface area contributed by atoms with Gasteiger partial charge < -0.3 is 9.63 Å². The summed E-state index contributed by atoms with van der Waals surface area (Å²) in [5, 5.41) is 12.6. The molecule has 56 valence electrons. The van der Waals surface area contributed by atoms with Gasteiger partial charge in [0.15, 0.2) is 0 Å². The number of aryl methyl sites for hydroxylation is 1. The number of aliphatic hydroxyl groups is 1. The van der Waals surface area contributed by atoms with Crippen molar-refractivity contribution >= 4 is 0 Å². The van der Waals surface area contributed by atoms with Crippen molar-refractivity contribution in [2.24, 2.45) is 0 Å². The van der Waals surface area contributed by atoms with Gasteiger partial charge >= 0.3 is 0 Å². The standard InChI is InChI=1S/C7H11NO2/c1-6(9)2-3-7-4-5-10-8-7/h4-6,9H,2-3H2,1H3/t6-/m0/s1. The first kappa shape index (κ1) is 7.28. The zero-order valence-corrected chi connectivity index (χ0v) is 5.95. The van der Waals surface area contributed by atoms with Crippen LogP contribution in [0.1, 0.15) is 19.0 Å². The van der Waals surface area contributed by atoms with Crippen molar-refractivity contribution < 1.29 is 9.63 Å². The maximum Gasteiger partial charge on any atom is 0.124 e. The van der Waals surface area contributed by atoms with Crippen molar-refractivity contribution in [2.75, 3.05) is 0 Å². The van der Waals surface area contributed by atoms with Crippen LogP contribution in [0.3, 0.4) is 0 Å². The summed E-state index contributed by atoms with van der Waals surface area (Å²) in [5.41, 5.74) is 0.904. The second kappa shape index (κ2) is 3.37. The van der Waals surface area contributed by atoms with E-state index in [0.29, 0.717) is 0 Å². The summed E-state index contributed by atoms with van der Waals surface area (Å²) < 4.78 is 4.62. The first-order valence-corrected chi connectivity index (χ1v) is 3.36. The third kappa shape index (κ3) is 2.19. The maximum atomic E-state index is 8.89. The van der Waals surface area contributed by atoms with Gasteiger partial charge in [0.05, 0.1) is 11.8 Å². The van der Waals surface area contributed by atoms with Crippen LogP contribution in [0.2, 0.25) is 0 Å². The first-order valence-electron chi connectivity index (χ1n) is 3.36. The fourth-order valence-electron chi connectivity index (χ4n) is 0.723. The molecule has 1 aromatic heterocycles. The van der Waals surface area contributed by atoms with Crippen LogP contribution in [0.4, 0.5) is 0 Å². The van der Waals surface area contributed by atoms with Gasteiger partial charge in [-0.25, -0.2) is 0 Å². The molecule has 0 fully saturated rings. The molecule has 0 spiro atoms. The average Bonchev–Trinajstić information content (AvgIpc) is 2.34. The molecule has 0 bridgehead atoms. The van der Waals surface area contributed by atoms with Gasteiger partial charge in [0, 0.05) is 6.07 Å². The van der Waals surface area contributed by atoms with Crippen molar-refractivity contribution in [2.45, 2.75) is 25.9 Å². The Morgan fingerprint density at radius 2 is 2.60 bits per heavy atom. The van der Waals surface area contributed by atoms with Crippen molar-refractivity contribution in [3.8, 4) is 0 Å². The molecular weight excluding hydrogens is 130 g/mol. The van der Waals surface area contributed by atoms with Crippen LogP contribution in [-0.4, -0.2) is 16.4 Å². The van der Waals surface area contributed by atoms with Gasteiger partial charge in [-0.3, -0.25) is 0 Å². The van der Waals surface area contributed by atoms with E-state index < -0.39 is 0 Å². The fraction of sp³-hybridized carbons (Fsp3) is 0.571. The van der Waals surface area contributed by atoms with Gasteiger partial charge in [0.25, 0.3) is 0 Å². The van der Waals surface area contributed by atoms with E-state index in [1.54, 1.807) is 6.92 Å². The summed E-state index contributed by atoms with van der Waals surface area (Å²) in [4.78, 5) is 0. The molecule has 1 aromatic rings. The number of aliphatic hydroxyl groups excluding tert-OH is 1. The van der Waals surface area contributed by atoms with E-state index in [2.05, 4.69) is 9.68 Å². The minimum absolute atomic E-state index is 0.253. The molecular formula is C7H11NO2. The predicted octanol–water partition coefficient (Wildman–Crippen LogP) is 0.988. The summed E-state index contributed by atoms with van der Waals surface area (Å²) in [6.07, 6.45) is 2.81. The SMILES string of the molecule is C[C@H](O)CCc1ccon1. The second-order valence-corrected chi connectivity index (χ2v) is 2.38. The highest BCUT2D eigenvalue weighted by atomic mass is 16.5. The lowest BCUT2D eigenvalue weighted by molar-refractivity contribution is 0.184. The molecule has 1 N–H and O–H groups in total. The Labute approximate surface area is 59.7 Å².